The lowest BCUT2D eigenvalue weighted by atomic mass is 9.50. The van der Waals surface area contributed by atoms with Crippen molar-refractivity contribution in [3.8, 4) is 0 Å². The van der Waals surface area contributed by atoms with Crippen molar-refractivity contribution in [3.63, 3.8) is 0 Å². The van der Waals surface area contributed by atoms with Gasteiger partial charge in [0.25, 0.3) is 0 Å². The van der Waals surface area contributed by atoms with E-state index in [0.717, 1.165) is 12.5 Å². The van der Waals surface area contributed by atoms with Crippen molar-refractivity contribution in [3.05, 3.63) is 0 Å². The van der Waals surface area contributed by atoms with E-state index in [-0.39, 0.29) is 0 Å². The lowest BCUT2D eigenvalue weighted by Crippen LogP contribution is -2.49. The summed E-state index contributed by atoms with van der Waals surface area (Å²) in [6.07, 6.45) is 13.0. The summed E-state index contributed by atoms with van der Waals surface area (Å²) in [5.74, 6) is 0.912. The van der Waals surface area contributed by atoms with Crippen molar-refractivity contribution < 1.29 is 4.74 Å². The zero-order valence-electron chi connectivity index (χ0n) is 14.1. The first-order valence-electron chi connectivity index (χ1n) is 9.04. The molecule has 0 heterocycles. The highest BCUT2D eigenvalue weighted by Gasteiger charge is 2.63. The van der Waals surface area contributed by atoms with E-state index in [9.17, 15) is 0 Å². The van der Waals surface area contributed by atoms with Gasteiger partial charge in [0.2, 0.25) is 0 Å². The van der Waals surface area contributed by atoms with E-state index >= 15 is 0 Å². The number of hydrogen-bond acceptors (Lipinski definition) is 1. The van der Waals surface area contributed by atoms with Crippen LogP contribution in [0.5, 0.6) is 0 Å². The van der Waals surface area contributed by atoms with Crippen LogP contribution in [0.4, 0.5) is 0 Å². The Kier molecular flexibility index (Phi) is 3.72. The molecule has 0 amide bonds. The molecule has 0 radical (unpaired) electrons. The number of rotatable bonds is 4. The lowest BCUT2D eigenvalue weighted by Gasteiger charge is -2.56. The van der Waals surface area contributed by atoms with Gasteiger partial charge in [-0.15, -0.1) is 0 Å². The molecule has 0 aromatic heterocycles. The topological polar surface area (TPSA) is 9.23 Å². The van der Waals surface area contributed by atoms with E-state index in [1.165, 1.54) is 57.8 Å². The molecule has 2 bridgehead atoms. The minimum Gasteiger partial charge on any atom is -0.378 e. The summed E-state index contributed by atoms with van der Waals surface area (Å²) in [5.41, 5.74) is 1.65. The Morgan fingerprint density at radius 1 is 1.10 bits per heavy atom. The van der Waals surface area contributed by atoms with Gasteiger partial charge in [0.15, 0.2) is 0 Å². The zero-order chi connectivity index (χ0) is 14.4. The summed E-state index contributed by atoms with van der Waals surface area (Å²) in [6, 6.07) is 0. The summed E-state index contributed by atoms with van der Waals surface area (Å²) < 4.78 is 6.47. The smallest absolute Gasteiger partial charge is 0.0639 e. The molecule has 4 unspecified atom stereocenters. The van der Waals surface area contributed by atoms with E-state index in [1.807, 2.05) is 0 Å². The van der Waals surface area contributed by atoms with E-state index in [4.69, 9.17) is 4.74 Å². The molecule has 20 heavy (non-hydrogen) atoms. The Labute approximate surface area is 125 Å². The maximum atomic E-state index is 6.47. The van der Waals surface area contributed by atoms with Crippen LogP contribution in [0, 0.1) is 22.2 Å². The quantitative estimate of drug-likeness (QED) is 0.610. The Hall–Kier alpha value is -0.0400. The van der Waals surface area contributed by atoms with Gasteiger partial charge in [-0.25, -0.2) is 0 Å². The fourth-order valence-electron chi connectivity index (χ4n) is 6.19. The fraction of sp³-hybridized carbons (Fsp3) is 1.00. The highest BCUT2D eigenvalue weighted by atomic mass is 16.5. The lowest BCUT2D eigenvalue weighted by molar-refractivity contribution is -0.115. The standard InChI is InChI=1S/C19H34O/c1-5-6-12-20-16-13-17(2,3)15-8-11-18(4)9-7-10-19(15,16)14-18/h15-16H,5-14H2,1-4H3. The molecule has 3 rings (SSSR count). The van der Waals surface area contributed by atoms with E-state index in [2.05, 4.69) is 27.7 Å². The molecule has 3 aliphatic rings. The first-order chi connectivity index (χ1) is 9.42. The molecule has 4 atom stereocenters. The maximum Gasteiger partial charge on any atom is 0.0639 e. The SMILES string of the molecule is CCCCOC1CC(C)(C)C2CCC3(C)CCCC12C3. The van der Waals surface area contributed by atoms with Crippen molar-refractivity contribution in [1.82, 2.24) is 0 Å². The molecule has 1 heteroatoms. The Balaban J connectivity index is 1.84. The summed E-state index contributed by atoms with van der Waals surface area (Å²) in [6.45, 7) is 10.8. The summed E-state index contributed by atoms with van der Waals surface area (Å²) in [7, 11) is 0. The molecular formula is C19H34O. The number of unbranched alkanes of at least 4 members (excludes halogenated alkanes) is 1. The number of hydrogen-bond donors (Lipinski definition) is 0. The van der Waals surface area contributed by atoms with Crippen LogP contribution in [0.2, 0.25) is 0 Å². The molecular weight excluding hydrogens is 244 g/mol. The van der Waals surface area contributed by atoms with Gasteiger partial charge in [0.05, 0.1) is 6.10 Å². The minimum atomic E-state index is 0.496. The van der Waals surface area contributed by atoms with Crippen molar-refractivity contribution in [2.45, 2.75) is 91.6 Å². The highest BCUT2D eigenvalue weighted by molar-refractivity contribution is 5.12. The largest absolute Gasteiger partial charge is 0.378 e. The Morgan fingerprint density at radius 2 is 1.90 bits per heavy atom. The molecule has 0 aliphatic heterocycles. The van der Waals surface area contributed by atoms with Crippen molar-refractivity contribution in [2.75, 3.05) is 6.61 Å². The summed E-state index contributed by atoms with van der Waals surface area (Å²) in [5, 5.41) is 0. The van der Waals surface area contributed by atoms with Gasteiger partial charge in [-0.3, -0.25) is 0 Å². The Bertz CT molecular complexity index is 361. The highest BCUT2D eigenvalue weighted by Crippen LogP contribution is 2.69. The van der Waals surface area contributed by atoms with Gasteiger partial charge in [-0.1, -0.05) is 40.5 Å². The summed E-state index contributed by atoms with van der Waals surface area (Å²) in [4.78, 5) is 0. The molecule has 0 N–H and O–H groups in total. The van der Waals surface area contributed by atoms with Gasteiger partial charge in [0, 0.05) is 12.0 Å². The maximum absolute atomic E-state index is 6.47. The van der Waals surface area contributed by atoms with Crippen molar-refractivity contribution in [1.29, 1.82) is 0 Å². The van der Waals surface area contributed by atoms with Crippen molar-refractivity contribution in [2.24, 2.45) is 22.2 Å². The third-order valence-corrected chi connectivity index (χ3v) is 7.02. The molecule has 116 valence electrons. The van der Waals surface area contributed by atoms with Gasteiger partial charge >= 0.3 is 0 Å². The summed E-state index contributed by atoms with van der Waals surface area (Å²) >= 11 is 0. The molecule has 0 saturated heterocycles. The van der Waals surface area contributed by atoms with Crippen LogP contribution in [0.3, 0.4) is 0 Å². The van der Waals surface area contributed by atoms with Crippen LogP contribution in [0.25, 0.3) is 0 Å². The van der Waals surface area contributed by atoms with Gasteiger partial charge in [-0.2, -0.15) is 0 Å². The number of fused-ring (bicyclic) bond motifs is 1. The molecule has 1 spiro atoms. The minimum absolute atomic E-state index is 0.496. The number of ether oxygens (including phenoxy) is 1. The van der Waals surface area contributed by atoms with Crippen LogP contribution in [0.1, 0.15) is 85.5 Å². The van der Waals surface area contributed by atoms with E-state index in [0.29, 0.717) is 22.3 Å². The van der Waals surface area contributed by atoms with Crippen molar-refractivity contribution >= 4 is 0 Å². The second kappa shape index (κ2) is 5.00. The fourth-order valence-corrected chi connectivity index (χ4v) is 6.19. The molecule has 0 aromatic rings. The van der Waals surface area contributed by atoms with Crippen LogP contribution >= 0.6 is 0 Å². The third kappa shape index (κ3) is 2.25. The van der Waals surface area contributed by atoms with Gasteiger partial charge in [-0.05, 0) is 61.7 Å². The van der Waals surface area contributed by atoms with E-state index < -0.39 is 0 Å². The average Bonchev–Trinajstić information content (AvgIpc) is 2.56. The second-order valence-electron chi connectivity index (χ2n) is 9.07. The van der Waals surface area contributed by atoms with Crippen LogP contribution < -0.4 is 0 Å². The normalized spacial score (nSPS) is 46.2. The van der Waals surface area contributed by atoms with Crippen LogP contribution in [-0.4, -0.2) is 12.7 Å². The third-order valence-electron chi connectivity index (χ3n) is 7.02. The molecule has 1 nitrogen and oxygen atoms in total. The average molecular weight is 278 g/mol. The zero-order valence-corrected chi connectivity index (χ0v) is 14.1. The first kappa shape index (κ1) is 14.9. The molecule has 3 saturated carbocycles. The van der Waals surface area contributed by atoms with E-state index in [1.54, 1.807) is 0 Å². The van der Waals surface area contributed by atoms with Crippen LogP contribution in [-0.2, 0) is 4.74 Å². The predicted octanol–water partition coefficient (Wildman–Crippen LogP) is 5.58. The van der Waals surface area contributed by atoms with Crippen LogP contribution in [0.15, 0.2) is 0 Å². The monoisotopic (exact) mass is 278 g/mol. The molecule has 0 aromatic carbocycles. The van der Waals surface area contributed by atoms with Gasteiger partial charge < -0.3 is 4.74 Å². The second-order valence-corrected chi connectivity index (χ2v) is 9.07. The Morgan fingerprint density at radius 3 is 2.65 bits per heavy atom. The first-order valence-corrected chi connectivity index (χ1v) is 9.04. The predicted molar refractivity (Wildman–Crippen MR) is 84.8 cm³/mol. The molecule has 3 fully saturated rings. The van der Waals surface area contributed by atoms with Gasteiger partial charge in [0.1, 0.15) is 0 Å². The molecule has 3 aliphatic carbocycles.